The molecule has 6 nitrogen and oxygen atoms in total. The van der Waals surface area contributed by atoms with Crippen molar-refractivity contribution in [3.8, 4) is 5.75 Å². The van der Waals surface area contributed by atoms with Crippen LogP contribution < -0.4 is 15.0 Å². The maximum Gasteiger partial charge on any atom is 0.201 e. The van der Waals surface area contributed by atoms with E-state index in [9.17, 15) is 0 Å². The number of benzene rings is 2. The van der Waals surface area contributed by atoms with Gasteiger partial charge in [-0.2, -0.15) is 0 Å². The molecule has 1 aliphatic heterocycles. The number of rotatable bonds is 7. The van der Waals surface area contributed by atoms with Gasteiger partial charge in [-0.25, -0.2) is 4.98 Å². The van der Waals surface area contributed by atoms with Crippen LogP contribution in [0.5, 0.6) is 5.75 Å². The number of para-hydroxylation sites is 3. The number of aromatic nitrogens is 2. The van der Waals surface area contributed by atoms with Crippen LogP contribution in [0.25, 0.3) is 11.0 Å². The zero-order valence-corrected chi connectivity index (χ0v) is 16.7. The Labute approximate surface area is 166 Å². The van der Waals surface area contributed by atoms with Crippen molar-refractivity contribution in [2.75, 3.05) is 56.6 Å². The van der Waals surface area contributed by atoms with E-state index in [1.165, 1.54) is 11.3 Å². The smallest absolute Gasteiger partial charge is 0.201 e. The molecule has 0 saturated carbocycles. The van der Waals surface area contributed by atoms with Crippen molar-refractivity contribution in [1.82, 2.24) is 14.9 Å². The summed E-state index contributed by atoms with van der Waals surface area (Å²) >= 11 is 0. The van der Waals surface area contributed by atoms with Crippen molar-refractivity contribution in [3.63, 3.8) is 0 Å². The van der Waals surface area contributed by atoms with E-state index in [1.807, 2.05) is 12.1 Å². The zero-order chi connectivity index (χ0) is 19.3. The van der Waals surface area contributed by atoms with Gasteiger partial charge in [0.15, 0.2) is 0 Å². The lowest BCUT2D eigenvalue weighted by molar-refractivity contribution is 0.266. The Hall–Kier alpha value is -2.73. The molecule has 2 N–H and O–H groups in total. The molecule has 1 saturated heterocycles. The number of fused-ring (bicyclic) bond motifs is 1. The summed E-state index contributed by atoms with van der Waals surface area (Å²) in [6.45, 7) is 8.21. The van der Waals surface area contributed by atoms with Crippen LogP contribution in [0.15, 0.2) is 42.5 Å². The number of nitrogens with zero attached hydrogens (tertiary/aromatic N) is 3. The Morgan fingerprint density at radius 3 is 2.68 bits per heavy atom. The Morgan fingerprint density at radius 1 is 1.07 bits per heavy atom. The molecule has 4 rings (SSSR count). The minimum atomic E-state index is 0.864. The summed E-state index contributed by atoms with van der Waals surface area (Å²) in [7, 11) is 1.74. The first-order valence-electron chi connectivity index (χ1n) is 10.1. The topological polar surface area (TPSA) is 56.4 Å². The highest BCUT2D eigenvalue weighted by molar-refractivity contribution is 5.80. The lowest BCUT2D eigenvalue weighted by Gasteiger charge is -2.36. The van der Waals surface area contributed by atoms with Crippen LogP contribution in [0, 0.1) is 0 Å². The number of methoxy groups -OCH3 is 1. The first-order valence-corrected chi connectivity index (χ1v) is 10.1. The minimum Gasteiger partial charge on any atom is -0.495 e. The van der Waals surface area contributed by atoms with E-state index >= 15 is 0 Å². The molecule has 3 aromatic rings. The van der Waals surface area contributed by atoms with E-state index in [2.05, 4.69) is 57.4 Å². The molecule has 28 heavy (non-hydrogen) atoms. The number of H-pyrrole nitrogens is 1. The highest BCUT2D eigenvalue weighted by Gasteiger charge is 2.19. The van der Waals surface area contributed by atoms with Crippen LogP contribution in [0.1, 0.15) is 12.5 Å². The second-order valence-corrected chi connectivity index (χ2v) is 7.18. The van der Waals surface area contributed by atoms with Crippen LogP contribution in [-0.2, 0) is 6.42 Å². The van der Waals surface area contributed by atoms with E-state index in [0.29, 0.717) is 0 Å². The van der Waals surface area contributed by atoms with Gasteiger partial charge in [0.05, 0.1) is 23.8 Å². The van der Waals surface area contributed by atoms with Gasteiger partial charge in [-0.15, -0.1) is 0 Å². The quantitative estimate of drug-likeness (QED) is 0.659. The molecule has 1 aliphatic rings. The Kier molecular flexibility index (Phi) is 5.67. The Morgan fingerprint density at radius 2 is 1.89 bits per heavy atom. The van der Waals surface area contributed by atoms with Gasteiger partial charge in [-0.1, -0.05) is 31.2 Å². The van der Waals surface area contributed by atoms with Crippen molar-refractivity contribution >= 4 is 22.7 Å². The van der Waals surface area contributed by atoms with Gasteiger partial charge in [-0.3, -0.25) is 4.90 Å². The first kappa shape index (κ1) is 18.6. The highest BCUT2D eigenvalue weighted by atomic mass is 16.5. The number of aromatic amines is 1. The molecular formula is C22H29N5O. The molecule has 0 unspecified atom stereocenters. The molecule has 0 aliphatic carbocycles. The number of hydrogen-bond donors (Lipinski definition) is 2. The van der Waals surface area contributed by atoms with Crippen molar-refractivity contribution in [2.24, 2.45) is 0 Å². The fourth-order valence-corrected chi connectivity index (χ4v) is 3.90. The Balaban J connectivity index is 1.28. The maximum atomic E-state index is 5.50. The fraction of sp³-hybridized carbons (Fsp3) is 0.409. The van der Waals surface area contributed by atoms with Crippen molar-refractivity contribution in [2.45, 2.75) is 13.3 Å². The monoisotopic (exact) mass is 379 g/mol. The van der Waals surface area contributed by atoms with Gasteiger partial charge in [0.25, 0.3) is 0 Å². The second kappa shape index (κ2) is 8.52. The summed E-state index contributed by atoms with van der Waals surface area (Å²) in [5, 5.41) is 3.45. The van der Waals surface area contributed by atoms with Gasteiger partial charge < -0.3 is 19.9 Å². The average Bonchev–Trinajstić information content (AvgIpc) is 3.17. The summed E-state index contributed by atoms with van der Waals surface area (Å²) in [4.78, 5) is 13.0. The molecule has 1 fully saturated rings. The zero-order valence-electron chi connectivity index (χ0n) is 16.7. The molecule has 6 heteroatoms. The first-order chi connectivity index (χ1) is 13.8. The maximum absolute atomic E-state index is 5.50. The summed E-state index contributed by atoms with van der Waals surface area (Å²) in [6, 6.07) is 14.6. The van der Waals surface area contributed by atoms with Gasteiger partial charge in [0.2, 0.25) is 5.95 Å². The molecule has 148 valence electrons. The van der Waals surface area contributed by atoms with Gasteiger partial charge in [-0.05, 0) is 30.2 Å². The second-order valence-electron chi connectivity index (χ2n) is 7.18. The SMILES string of the molecule is CCc1cccc2[nH]c(NCCN3CCN(c4ccccc4OC)CC3)nc12. The van der Waals surface area contributed by atoms with Crippen molar-refractivity contribution in [3.05, 3.63) is 48.0 Å². The van der Waals surface area contributed by atoms with Crippen LogP contribution in [0.4, 0.5) is 11.6 Å². The van der Waals surface area contributed by atoms with Crippen LogP contribution in [0.3, 0.4) is 0 Å². The largest absolute Gasteiger partial charge is 0.495 e. The van der Waals surface area contributed by atoms with E-state index in [0.717, 1.165) is 68.4 Å². The van der Waals surface area contributed by atoms with Crippen LogP contribution in [0.2, 0.25) is 0 Å². The normalized spacial score (nSPS) is 15.1. The fourth-order valence-electron chi connectivity index (χ4n) is 3.90. The van der Waals surface area contributed by atoms with Crippen LogP contribution >= 0.6 is 0 Å². The molecule has 0 bridgehead atoms. The standard InChI is InChI=1S/C22H29N5O/c1-3-17-7-6-8-18-21(17)25-22(24-18)23-11-12-26-13-15-27(16-14-26)19-9-4-5-10-20(19)28-2/h4-10H,3,11-16H2,1-2H3,(H2,23,24,25). The summed E-state index contributed by atoms with van der Waals surface area (Å²) < 4.78 is 5.50. The number of hydrogen-bond acceptors (Lipinski definition) is 5. The minimum absolute atomic E-state index is 0.864. The highest BCUT2D eigenvalue weighted by Crippen LogP contribution is 2.28. The summed E-state index contributed by atoms with van der Waals surface area (Å²) in [6.07, 6.45) is 0.998. The van der Waals surface area contributed by atoms with Crippen molar-refractivity contribution in [1.29, 1.82) is 0 Å². The molecule has 0 radical (unpaired) electrons. The number of piperazine rings is 1. The molecule has 0 amide bonds. The van der Waals surface area contributed by atoms with Gasteiger partial charge in [0, 0.05) is 39.3 Å². The predicted octanol–water partition coefficient (Wildman–Crippen LogP) is 3.37. The van der Waals surface area contributed by atoms with Crippen molar-refractivity contribution < 1.29 is 4.74 Å². The third-order valence-corrected chi connectivity index (χ3v) is 5.50. The van der Waals surface area contributed by atoms with E-state index < -0.39 is 0 Å². The molecule has 1 aromatic heterocycles. The average molecular weight is 380 g/mol. The lowest BCUT2D eigenvalue weighted by Crippen LogP contribution is -2.47. The van der Waals surface area contributed by atoms with E-state index in [-0.39, 0.29) is 0 Å². The third-order valence-electron chi connectivity index (χ3n) is 5.50. The third kappa shape index (κ3) is 3.92. The Bertz CT molecular complexity index is 914. The predicted molar refractivity (Wildman–Crippen MR) is 116 cm³/mol. The number of ether oxygens (including phenoxy) is 1. The molecule has 2 aromatic carbocycles. The van der Waals surface area contributed by atoms with E-state index in [4.69, 9.17) is 9.72 Å². The van der Waals surface area contributed by atoms with E-state index in [1.54, 1.807) is 7.11 Å². The number of anilines is 2. The number of nitrogens with one attached hydrogen (secondary N) is 2. The molecular weight excluding hydrogens is 350 g/mol. The summed E-state index contributed by atoms with van der Waals surface area (Å²) in [5.74, 6) is 1.82. The molecule has 0 spiro atoms. The number of imidazole rings is 1. The lowest BCUT2D eigenvalue weighted by atomic mass is 10.1. The van der Waals surface area contributed by atoms with Crippen LogP contribution in [-0.4, -0.2) is 61.2 Å². The number of aryl methyl sites for hydroxylation is 1. The van der Waals surface area contributed by atoms with Gasteiger partial charge >= 0.3 is 0 Å². The molecule has 0 atom stereocenters. The summed E-state index contributed by atoms with van der Waals surface area (Å²) in [5.41, 5.74) is 4.66. The van der Waals surface area contributed by atoms with Gasteiger partial charge in [0.1, 0.15) is 5.75 Å². The molecule has 2 heterocycles.